The van der Waals surface area contributed by atoms with E-state index in [0.717, 1.165) is 45.7 Å². The minimum Gasteiger partial charge on any atom is -0.341 e. The van der Waals surface area contributed by atoms with Gasteiger partial charge >= 0.3 is 0 Å². The third-order valence-corrected chi connectivity index (χ3v) is 6.95. The molecule has 6 nitrogen and oxygen atoms in total. The largest absolute Gasteiger partial charge is 0.341 e. The van der Waals surface area contributed by atoms with Crippen molar-refractivity contribution in [1.82, 2.24) is 24.5 Å². The van der Waals surface area contributed by atoms with Crippen molar-refractivity contribution >= 4 is 5.91 Å². The van der Waals surface area contributed by atoms with Crippen LogP contribution in [0.2, 0.25) is 0 Å². The van der Waals surface area contributed by atoms with E-state index < -0.39 is 0 Å². The van der Waals surface area contributed by atoms with Gasteiger partial charge in [0.25, 0.3) is 0 Å². The maximum Gasteiger partial charge on any atom is 0.239 e. The second-order valence-electron chi connectivity index (χ2n) is 9.37. The molecule has 0 aliphatic carbocycles. The number of likely N-dealkylation sites (N-methyl/N-ethyl adjacent to an activating group) is 1. The van der Waals surface area contributed by atoms with Gasteiger partial charge in [0.05, 0.1) is 12.2 Å². The normalized spacial score (nSPS) is 26.5. The average Bonchev–Trinajstić information content (AvgIpc) is 3.38. The standard InChI is InChI=1S/C21H35N5O/c1-17(2)26-15-18(13-22-26)14-24-10-6-21(7-11-24)12-19(23(3)16-21)20(27)25-8-4-5-9-25/h13,15,17,19H,4-12,14,16H2,1-3H3. The van der Waals surface area contributed by atoms with Crippen molar-refractivity contribution in [3.8, 4) is 0 Å². The van der Waals surface area contributed by atoms with E-state index in [1.807, 2.05) is 10.9 Å². The van der Waals surface area contributed by atoms with Gasteiger partial charge in [-0.25, -0.2) is 0 Å². The molecule has 6 heteroatoms. The van der Waals surface area contributed by atoms with Crippen LogP contribution in [0.3, 0.4) is 0 Å². The number of carbonyl (C=O) groups excluding carboxylic acids is 1. The summed E-state index contributed by atoms with van der Waals surface area (Å²) >= 11 is 0. The molecule has 4 rings (SSSR count). The number of rotatable bonds is 4. The Morgan fingerprint density at radius 3 is 2.56 bits per heavy atom. The van der Waals surface area contributed by atoms with E-state index in [-0.39, 0.29) is 6.04 Å². The fourth-order valence-electron chi connectivity index (χ4n) is 5.24. The Kier molecular flexibility index (Phi) is 5.30. The summed E-state index contributed by atoms with van der Waals surface area (Å²) in [4.78, 5) is 19.9. The van der Waals surface area contributed by atoms with Gasteiger partial charge in [0.1, 0.15) is 0 Å². The first-order valence-electron chi connectivity index (χ1n) is 10.7. The van der Waals surface area contributed by atoms with Gasteiger partial charge in [0.2, 0.25) is 5.91 Å². The molecule has 0 aromatic carbocycles. The minimum absolute atomic E-state index is 0.110. The topological polar surface area (TPSA) is 44.6 Å². The van der Waals surface area contributed by atoms with Gasteiger partial charge in [0, 0.05) is 44.0 Å². The van der Waals surface area contributed by atoms with Crippen LogP contribution in [0.1, 0.15) is 57.6 Å². The molecular weight excluding hydrogens is 338 g/mol. The first-order chi connectivity index (χ1) is 13.0. The first kappa shape index (κ1) is 18.9. The summed E-state index contributed by atoms with van der Waals surface area (Å²) in [6.45, 7) is 10.6. The van der Waals surface area contributed by atoms with Gasteiger partial charge < -0.3 is 4.90 Å². The number of likely N-dealkylation sites (tertiary alicyclic amines) is 3. The maximum absolute atomic E-state index is 12.9. The zero-order chi connectivity index (χ0) is 19.0. The molecule has 3 aliphatic rings. The van der Waals surface area contributed by atoms with Crippen LogP contribution in [0.5, 0.6) is 0 Å². The Morgan fingerprint density at radius 1 is 1.22 bits per heavy atom. The molecule has 3 saturated heterocycles. The van der Waals surface area contributed by atoms with Crippen molar-refractivity contribution in [2.24, 2.45) is 5.41 Å². The Bertz CT molecular complexity index is 655. The SMILES string of the molecule is CC(C)n1cc(CN2CCC3(CC2)CC(C(=O)N2CCCC2)N(C)C3)cn1. The highest BCUT2D eigenvalue weighted by Crippen LogP contribution is 2.43. The molecule has 1 aromatic heterocycles. The number of amides is 1. The molecule has 3 fully saturated rings. The quantitative estimate of drug-likeness (QED) is 0.813. The molecule has 0 N–H and O–H groups in total. The molecule has 1 aromatic rings. The lowest BCUT2D eigenvalue weighted by molar-refractivity contribution is -0.134. The van der Waals surface area contributed by atoms with Crippen LogP contribution in [-0.4, -0.2) is 76.2 Å². The molecule has 27 heavy (non-hydrogen) atoms. The van der Waals surface area contributed by atoms with Crippen molar-refractivity contribution in [2.75, 3.05) is 39.8 Å². The number of aromatic nitrogens is 2. The molecule has 0 saturated carbocycles. The number of piperidine rings is 1. The van der Waals surface area contributed by atoms with Crippen molar-refractivity contribution in [2.45, 2.75) is 64.6 Å². The molecule has 0 bridgehead atoms. The number of carbonyl (C=O) groups is 1. The Balaban J connectivity index is 1.32. The lowest BCUT2D eigenvalue weighted by atomic mass is 9.76. The van der Waals surface area contributed by atoms with E-state index in [0.29, 0.717) is 17.4 Å². The van der Waals surface area contributed by atoms with Gasteiger partial charge in [-0.3, -0.25) is 19.3 Å². The summed E-state index contributed by atoms with van der Waals surface area (Å²) in [7, 11) is 2.15. The third-order valence-electron chi connectivity index (χ3n) is 6.95. The van der Waals surface area contributed by atoms with Crippen LogP contribution < -0.4 is 0 Å². The Labute approximate surface area is 163 Å². The average molecular weight is 374 g/mol. The molecule has 1 spiro atoms. The van der Waals surface area contributed by atoms with Gasteiger partial charge in [-0.05, 0) is 71.5 Å². The Morgan fingerprint density at radius 2 is 1.93 bits per heavy atom. The fourth-order valence-corrected chi connectivity index (χ4v) is 5.24. The van der Waals surface area contributed by atoms with E-state index in [9.17, 15) is 4.79 Å². The summed E-state index contributed by atoms with van der Waals surface area (Å²) in [5.41, 5.74) is 1.65. The summed E-state index contributed by atoms with van der Waals surface area (Å²) < 4.78 is 2.04. The summed E-state index contributed by atoms with van der Waals surface area (Å²) in [6, 6.07) is 0.529. The van der Waals surface area contributed by atoms with Crippen LogP contribution in [0, 0.1) is 5.41 Å². The molecule has 1 amide bonds. The fraction of sp³-hybridized carbons (Fsp3) is 0.810. The van der Waals surface area contributed by atoms with Gasteiger partial charge in [-0.15, -0.1) is 0 Å². The van der Waals surface area contributed by atoms with E-state index in [1.54, 1.807) is 0 Å². The van der Waals surface area contributed by atoms with Crippen LogP contribution in [-0.2, 0) is 11.3 Å². The summed E-state index contributed by atoms with van der Waals surface area (Å²) in [6.07, 6.45) is 10.0. The van der Waals surface area contributed by atoms with Crippen LogP contribution in [0.15, 0.2) is 12.4 Å². The second-order valence-corrected chi connectivity index (χ2v) is 9.37. The minimum atomic E-state index is 0.110. The molecular formula is C21H35N5O. The highest BCUT2D eigenvalue weighted by molar-refractivity contribution is 5.82. The third kappa shape index (κ3) is 3.92. The van der Waals surface area contributed by atoms with Gasteiger partial charge in [-0.1, -0.05) is 0 Å². The first-order valence-corrected chi connectivity index (χ1v) is 10.7. The van der Waals surface area contributed by atoms with Gasteiger partial charge in [-0.2, -0.15) is 5.10 Å². The zero-order valence-corrected chi connectivity index (χ0v) is 17.2. The van der Waals surface area contributed by atoms with Crippen molar-refractivity contribution in [3.63, 3.8) is 0 Å². The number of nitrogens with zero attached hydrogens (tertiary/aromatic N) is 5. The molecule has 1 unspecified atom stereocenters. The van der Waals surface area contributed by atoms with Crippen molar-refractivity contribution < 1.29 is 4.79 Å². The van der Waals surface area contributed by atoms with Crippen molar-refractivity contribution in [1.29, 1.82) is 0 Å². The highest BCUT2D eigenvalue weighted by Gasteiger charge is 2.47. The zero-order valence-electron chi connectivity index (χ0n) is 17.2. The summed E-state index contributed by atoms with van der Waals surface area (Å²) in [5.74, 6) is 0.385. The monoisotopic (exact) mass is 373 g/mol. The molecule has 0 radical (unpaired) electrons. The lowest BCUT2D eigenvalue weighted by Gasteiger charge is -2.39. The second kappa shape index (κ2) is 7.55. The van der Waals surface area contributed by atoms with Crippen molar-refractivity contribution in [3.05, 3.63) is 18.0 Å². The smallest absolute Gasteiger partial charge is 0.239 e. The number of hydrogen-bond donors (Lipinski definition) is 0. The Hall–Kier alpha value is -1.40. The molecule has 1 atom stereocenters. The lowest BCUT2D eigenvalue weighted by Crippen LogP contribution is -2.42. The molecule has 150 valence electrons. The van der Waals surface area contributed by atoms with Crippen LogP contribution >= 0.6 is 0 Å². The maximum atomic E-state index is 12.9. The van der Waals surface area contributed by atoms with Crippen LogP contribution in [0.4, 0.5) is 0 Å². The van der Waals surface area contributed by atoms with E-state index in [1.165, 1.54) is 31.2 Å². The van der Waals surface area contributed by atoms with Crippen LogP contribution in [0.25, 0.3) is 0 Å². The van der Waals surface area contributed by atoms with E-state index in [2.05, 4.69) is 46.9 Å². The van der Waals surface area contributed by atoms with E-state index in [4.69, 9.17) is 0 Å². The van der Waals surface area contributed by atoms with E-state index >= 15 is 0 Å². The summed E-state index contributed by atoms with van der Waals surface area (Å²) in [5, 5.41) is 4.47. The number of hydrogen-bond acceptors (Lipinski definition) is 4. The highest BCUT2D eigenvalue weighted by atomic mass is 16.2. The molecule has 3 aliphatic heterocycles. The van der Waals surface area contributed by atoms with Gasteiger partial charge in [0.15, 0.2) is 0 Å². The molecule has 4 heterocycles. The predicted molar refractivity (Wildman–Crippen MR) is 106 cm³/mol. The predicted octanol–water partition coefficient (Wildman–Crippen LogP) is 2.37.